The van der Waals surface area contributed by atoms with E-state index in [1.165, 1.54) is 12.8 Å². The van der Waals surface area contributed by atoms with Gasteiger partial charge < -0.3 is 14.2 Å². The topological polar surface area (TPSA) is 63.5 Å². The van der Waals surface area contributed by atoms with Crippen molar-refractivity contribution in [3.05, 3.63) is 72.3 Å². The SMILES string of the molecule is CCCCCN(Cc1nccc2c3ccccc3n(CC(=O)N3CCOCC3)c12)C(C)c1ccccn1. The molecule has 0 spiro atoms. The number of nitrogens with zero attached hydrogens (tertiary/aromatic N) is 5. The molecule has 1 saturated heterocycles. The summed E-state index contributed by atoms with van der Waals surface area (Å²) in [5.74, 6) is 0.127. The third kappa shape index (κ3) is 5.53. The van der Waals surface area contributed by atoms with Crippen molar-refractivity contribution in [1.29, 1.82) is 0 Å². The monoisotopic (exact) mass is 499 g/mol. The van der Waals surface area contributed by atoms with E-state index in [1.54, 1.807) is 0 Å². The molecule has 37 heavy (non-hydrogen) atoms. The summed E-state index contributed by atoms with van der Waals surface area (Å²) in [6.07, 6.45) is 7.27. The molecule has 7 heteroatoms. The van der Waals surface area contributed by atoms with E-state index < -0.39 is 0 Å². The van der Waals surface area contributed by atoms with Gasteiger partial charge in [0.1, 0.15) is 6.54 Å². The Morgan fingerprint density at radius 1 is 1.00 bits per heavy atom. The van der Waals surface area contributed by atoms with E-state index in [0.29, 0.717) is 39.4 Å². The van der Waals surface area contributed by atoms with E-state index >= 15 is 0 Å². The van der Waals surface area contributed by atoms with Gasteiger partial charge in [-0.1, -0.05) is 44.0 Å². The largest absolute Gasteiger partial charge is 0.378 e. The van der Waals surface area contributed by atoms with Gasteiger partial charge in [0.05, 0.1) is 30.1 Å². The minimum absolute atomic E-state index is 0.127. The Labute approximate surface area is 219 Å². The van der Waals surface area contributed by atoms with Crippen LogP contribution in [0.1, 0.15) is 50.5 Å². The highest BCUT2D eigenvalue weighted by atomic mass is 16.5. The summed E-state index contributed by atoms with van der Waals surface area (Å²) in [6, 6.07) is 16.7. The number of unbranched alkanes of at least 4 members (excludes halogenated alkanes) is 2. The molecule has 4 aromatic rings. The Kier molecular flexibility index (Phi) is 8.12. The van der Waals surface area contributed by atoms with E-state index in [-0.39, 0.29) is 11.9 Å². The molecule has 5 rings (SSSR count). The van der Waals surface area contributed by atoms with Gasteiger partial charge in [0.2, 0.25) is 5.91 Å². The first-order valence-corrected chi connectivity index (χ1v) is 13.5. The molecule has 1 aliphatic heterocycles. The van der Waals surface area contributed by atoms with Gasteiger partial charge in [0.15, 0.2) is 0 Å². The van der Waals surface area contributed by atoms with E-state index in [4.69, 9.17) is 9.72 Å². The first-order chi connectivity index (χ1) is 18.2. The van der Waals surface area contributed by atoms with Crippen LogP contribution in [-0.4, -0.2) is 63.1 Å². The fourth-order valence-corrected chi connectivity index (χ4v) is 5.38. The fourth-order valence-electron chi connectivity index (χ4n) is 5.38. The average Bonchev–Trinajstić information content (AvgIpc) is 3.27. The number of hydrogen-bond donors (Lipinski definition) is 0. The molecule has 0 aliphatic carbocycles. The van der Waals surface area contributed by atoms with Crippen molar-refractivity contribution in [3.63, 3.8) is 0 Å². The van der Waals surface area contributed by atoms with Crippen molar-refractivity contribution < 1.29 is 9.53 Å². The minimum atomic E-state index is 0.127. The minimum Gasteiger partial charge on any atom is -0.378 e. The number of rotatable bonds is 10. The Bertz CT molecular complexity index is 1330. The summed E-state index contributed by atoms with van der Waals surface area (Å²) in [5.41, 5.74) is 4.19. The first-order valence-electron chi connectivity index (χ1n) is 13.5. The first kappa shape index (κ1) is 25.4. The number of morpholine rings is 1. The number of carbonyl (C=O) groups is 1. The second-order valence-electron chi connectivity index (χ2n) is 9.86. The molecular weight excluding hydrogens is 462 g/mol. The number of benzene rings is 1. The van der Waals surface area contributed by atoms with E-state index in [2.05, 4.69) is 64.7 Å². The maximum absolute atomic E-state index is 13.4. The Morgan fingerprint density at radius 2 is 1.81 bits per heavy atom. The molecule has 4 heterocycles. The van der Waals surface area contributed by atoms with E-state index in [0.717, 1.165) is 46.2 Å². The molecule has 0 N–H and O–H groups in total. The maximum atomic E-state index is 13.4. The van der Waals surface area contributed by atoms with Crippen molar-refractivity contribution in [3.8, 4) is 0 Å². The normalized spacial score (nSPS) is 15.1. The van der Waals surface area contributed by atoms with Crippen molar-refractivity contribution >= 4 is 27.7 Å². The Balaban J connectivity index is 1.54. The maximum Gasteiger partial charge on any atom is 0.242 e. The zero-order chi connectivity index (χ0) is 25.6. The van der Waals surface area contributed by atoms with Crippen LogP contribution in [0, 0.1) is 0 Å². The van der Waals surface area contributed by atoms with Crippen molar-refractivity contribution in [2.75, 3.05) is 32.8 Å². The van der Waals surface area contributed by atoms with E-state index in [1.807, 2.05) is 29.4 Å². The summed E-state index contributed by atoms with van der Waals surface area (Å²) in [7, 11) is 0. The molecule has 1 aromatic carbocycles. The van der Waals surface area contributed by atoms with Crippen LogP contribution >= 0.6 is 0 Å². The van der Waals surface area contributed by atoms with Crippen LogP contribution in [0.5, 0.6) is 0 Å². The standard InChI is InChI=1S/C30H37N5O2/c1-3-4-9-16-34(23(2)26-11-7-8-14-31-26)21-27-30-25(13-15-32-27)24-10-5-6-12-28(24)35(30)22-29(36)33-17-19-37-20-18-33/h5-8,10-15,23H,3-4,9,16-22H2,1-2H3. The molecule has 0 saturated carbocycles. The van der Waals surface area contributed by atoms with Crippen LogP contribution in [0.4, 0.5) is 0 Å². The number of fused-ring (bicyclic) bond motifs is 3. The van der Waals surface area contributed by atoms with Gasteiger partial charge in [-0.15, -0.1) is 0 Å². The molecule has 1 fully saturated rings. The zero-order valence-electron chi connectivity index (χ0n) is 22.0. The Morgan fingerprint density at radius 3 is 2.59 bits per heavy atom. The summed E-state index contributed by atoms with van der Waals surface area (Å²) in [4.78, 5) is 27.3. The number of para-hydroxylation sites is 1. The molecule has 194 valence electrons. The third-order valence-electron chi connectivity index (χ3n) is 7.48. The molecule has 1 unspecified atom stereocenters. The summed E-state index contributed by atoms with van der Waals surface area (Å²) >= 11 is 0. The number of pyridine rings is 2. The smallest absolute Gasteiger partial charge is 0.242 e. The van der Waals surface area contributed by atoms with Crippen LogP contribution in [0.25, 0.3) is 21.8 Å². The molecule has 1 atom stereocenters. The van der Waals surface area contributed by atoms with Crippen LogP contribution in [-0.2, 0) is 22.6 Å². The lowest BCUT2D eigenvalue weighted by Gasteiger charge is -2.29. The highest BCUT2D eigenvalue weighted by molar-refractivity contribution is 6.09. The molecule has 0 radical (unpaired) electrons. The summed E-state index contributed by atoms with van der Waals surface area (Å²) in [5, 5.41) is 2.31. The van der Waals surface area contributed by atoms with Crippen molar-refractivity contribution in [2.45, 2.75) is 52.2 Å². The van der Waals surface area contributed by atoms with Crippen LogP contribution in [0.3, 0.4) is 0 Å². The number of amides is 1. The molecule has 3 aromatic heterocycles. The number of ether oxygens (including phenoxy) is 1. The lowest BCUT2D eigenvalue weighted by molar-refractivity contribution is -0.135. The summed E-state index contributed by atoms with van der Waals surface area (Å²) < 4.78 is 7.65. The van der Waals surface area contributed by atoms with Gasteiger partial charge in [-0.2, -0.15) is 0 Å². The van der Waals surface area contributed by atoms with Crippen LogP contribution in [0.2, 0.25) is 0 Å². The molecular formula is C30H37N5O2. The van der Waals surface area contributed by atoms with Gasteiger partial charge in [0, 0.05) is 54.4 Å². The number of hydrogen-bond acceptors (Lipinski definition) is 5. The summed E-state index contributed by atoms with van der Waals surface area (Å²) in [6.45, 7) is 8.92. The third-order valence-corrected chi connectivity index (χ3v) is 7.48. The molecule has 0 bridgehead atoms. The second-order valence-corrected chi connectivity index (χ2v) is 9.86. The van der Waals surface area contributed by atoms with Gasteiger partial charge >= 0.3 is 0 Å². The lowest BCUT2D eigenvalue weighted by Crippen LogP contribution is -2.42. The van der Waals surface area contributed by atoms with Crippen molar-refractivity contribution in [2.24, 2.45) is 0 Å². The average molecular weight is 500 g/mol. The quantitative estimate of drug-likeness (QED) is 0.281. The molecule has 1 aliphatic rings. The van der Waals surface area contributed by atoms with Gasteiger partial charge in [-0.25, -0.2) is 0 Å². The van der Waals surface area contributed by atoms with Gasteiger partial charge in [-0.05, 0) is 44.2 Å². The van der Waals surface area contributed by atoms with Crippen molar-refractivity contribution in [1.82, 2.24) is 24.3 Å². The highest BCUT2D eigenvalue weighted by Gasteiger charge is 2.24. The zero-order valence-corrected chi connectivity index (χ0v) is 22.0. The highest BCUT2D eigenvalue weighted by Crippen LogP contribution is 2.32. The van der Waals surface area contributed by atoms with Gasteiger partial charge in [-0.3, -0.25) is 19.7 Å². The van der Waals surface area contributed by atoms with Crippen LogP contribution < -0.4 is 0 Å². The second kappa shape index (κ2) is 11.8. The number of aromatic nitrogens is 3. The predicted molar refractivity (Wildman–Crippen MR) is 147 cm³/mol. The predicted octanol–water partition coefficient (Wildman–Crippen LogP) is 5.20. The molecule has 7 nitrogen and oxygen atoms in total. The fraction of sp³-hybridized carbons (Fsp3) is 0.433. The van der Waals surface area contributed by atoms with Crippen LogP contribution in [0.15, 0.2) is 60.9 Å². The van der Waals surface area contributed by atoms with Gasteiger partial charge in [0.25, 0.3) is 0 Å². The lowest BCUT2D eigenvalue weighted by atomic mass is 10.1. The Hall–Kier alpha value is -3.29. The number of carbonyl (C=O) groups excluding carboxylic acids is 1. The van der Waals surface area contributed by atoms with E-state index in [9.17, 15) is 4.79 Å². The molecule has 1 amide bonds.